The van der Waals surface area contributed by atoms with Crippen LogP contribution in [-0.4, -0.2) is 49.3 Å². The van der Waals surface area contributed by atoms with E-state index in [1.807, 2.05) is 48.0 Å². The van der Waals surface area contributed by atoms with E-state index >= 15 is 0 Å². The Balaban J connectivity index is 1.72. The number of pyridine rings is 1. The van der Waals surface area contributed by atoms with Crippen molar-refractivity contribution in [1.82, 2.24) is 30.1 Å². The van der Waals surface area contributed by atoms with Crippen LogP contribution >= 0.6 is 11.6 Å². The first-order chi connectivity index (χ1) is 18.7. The molecule has 2 aromatic heterocycles. The van der Waals surface area contributed by atoms with E-state index in [1.54, 1.807) is 0 Å². The molecular weight excluding hydrogens is 512 g/mol. The number of nitrogens with one attached hydrogen (secondary N) is 1. The first-order valence-electron chi connectivity index (χ1n) is 13.7. The minimum atomic E-state index is -0.500. The van der Waals surface area contributed by atoms with Crippen LogP contribution in [0.4, 0.5) is 0 Å². The van der Waals surface area contributed by atoms with Gasteiger partial charge in [-0.3, -0.25) is 9.69 Å². The molecule has 1 N–H and O–H groups in total. The molecule has 9 heteroatoms. The number of aromatic amines is 1. The van der Waals surface area contributed by atoms with Crippen LogP contribution in [0, 0.1) is 13.8 Å². The number of hydrogen-bond donors (Lipinski definition) is 1. The van der Waals surface area contributed by atoms with Crippen LogP contribution in [0.1, 0.15) is 74.2 Å². The third-order valence-corrected chi connectivity index (χ3v) is 8.19. The second-order valence-corrected chi connectivity index (χ2v) is 11.7. The van der Waals surface area contributed by atoms with E-state index in [2.05, 4.69) is 59.2 Å². The lowest BCUT2D eigenvalue weighted by Gasteiger charge is -2.35. The van der Waals surface area contributed by atoms with Gasteiger partial charge in [0.1, 0.15) is 6.04 Å². The predicted octanol–water partition coefficient (Wildman–Crippen LogP) is 5.70. The number of fused-ring (bicyclic) bond motifs is 1. The van der Waals surface area contributed by atoms with Gasteiger partial charge in [-0.05, 0) is 98.3 Å². The number of H-pyrrole nitrogens is 1. The quantitative estimate of drug-likeness (QED) is 0.288. The first kappa shape index (κ1) is 27.5. The zero-order valence-corrected chi connectivity index (χ0v) is 24.1. The average molecular weight is 549 g/mol. The number of benzene rings is 2. The summed E-state index contributed by atoms with van der Waals surface area (Å²) < 4.78 is 7.97. The molecule has 4 aromatic rings. The van der Waals surface area contributed by atoms with Crippen LogP contribution in [0.5, 0.6) is 0 Å². The van der Waals surface area contributed by atoms with Crippen molar-refractivity contribution in [3.63, 3.8) is 0 Å². The predicted molar refractivity (Wildman–Crippen MR) is 154 cm³/mol. The summed E-state index contributed by atoms with van der Waals surface area (Å²) in [6, 6.07) is 13.5. The van der Waals surface area contributed by atoms with Crippen LogP contribution in [0.25, 0.3) is 10.9 Å². The van der Waals surface area contributed by atoms with Gasteiger partial charge in [0, 0.05) is 41.2 Å². The highest BCUT2D eigenvalue weighted by Gasteiger charge is 2.36. The van der Waals surface area contributed by atoms with Gasteiger partial charge in [-0.2, -0.15) is 0 Å². The van der Waals surface area contributed by atoms with Gasteiger partial charge in [0.15, 0.2) is 5.82 Å². The molecule has 1 fully saturated rings. The highest BCUT2D eigenvalue weighted by atomic mass is 35.5. The Morgan fingerprint density at radius 3 is 2.67 bits per heavy atom. The highest BCUT2D eigenvalue weighted by Crippen LogP contribution is 2.33. The monoisotopic (exact) mass is 548 g/mol. The first-order valence-corrected chi connectivity index (χ1v) is 14.1. The summed E-state index contributed by atoms with van der Waals surface area (Å²) in [5, 5.41) is 14.8. The summed E-state index contributed by atoms with van der Waals surface area (Å²) in [6.45, 7) is 12.4. The van der Waals surface area contributed by atoms with Crippen molar-refractivity contribution < 1.29 is 4.74 Å². The Labute approximate surface area is 234 Å². The Kier molecular flexibility index (Phi) is 7.89. The molecule has 0 spiro atoms. The Morgan fingerprint density at radius 2 is 1.97 bits per heavy atom. The molecule has 1 aliphatic rings. The SMILES string of the molecule is CCC(C)(C)n1nnnc1[C@@H](c1cc2c(C)cc(C)cc2[nH]c1=O)N(Cc1ccc(Cl)cc1)C[C@H]1CCCO1. The van der Waals surface area contributed by atoms with Crippen LogP contribution in [0.2, 0.25) is 5.02 Å². The Hall–Kier alpha value is -3.07. The van der Waals surface area contributed by atoms with Gasteiger partial charge in [0.2, 0.25) is 0 Å². The van der Waals surface area contributed by atoms with Crippen molar-refractivity contribution >= 4 is 22.5 Å². The van der Waals surface area contributed by atoms with E-state index in [-0.39, 0.29) is 17.2 Å². The highest BCUT2D eigenvalue weighted by molar-refractivity contribution is 6.30. The third-order valence-electron chi connectivity index (χ3n) is 7.94. The molecule has 0 bridgehead atoms. The largest absolute Gasteiger partial charge is 0.377 e. The number of halogens is 1. The van der Waals surface area contributed by atoms with Crippen LogP contribution < -0.4 is 5.56 Å². The standard InChI is InChI=1S/C30H37ClN6O2/c1-6-30(4,5)37-28(33-34-35-37)27(25-16-24-20(3)14-19(2)15-26(24)32-29(25)38)36(18-23-8-7-13-39-23)17-21-9-11-22(31)12-10-21/h9-12,14-16,23,27H,6-8,13,17-18H2,1-5H3,(H,32,38)/t23-,27-/m1/s1. The fourth-order valence-electron chi connectivity index (χ4n) is 5.47. The fraction of sp³-hybridized carbons (Fsp3) is 0.467. The van der Waals surface area contributed by atoms with Crippen molar-refractivity contribution in [3.05, 3.63) is 85.9 Å². The van der Waals surface area contributed by atoms with Gasteiger partial charge in [-0.25, -0.2) is 4.68 Å². The van der Waals surface area contributed by atoms with Gasteiger partial charge in [-0.1, -0.05) is 36.7 Å². The lowest BCUT2D eigenvalue weighted by Crippen LogP contribution is -2.41. The summed E-state index contributed by atoms with van der Waals surface area (Å²) >= 11 is 6.21. The fourth-order valence-corrected chi connectivity index (χ4v) is 5.60. The summed E-state index contributed by atoms with van der Waals surface area (Å²) in [5.41, 5.74) is 4.26. The molecule has 39 heavy (non-hydrogen) atoms. The molecule has 0 amide bonds. The number of tetrazole rings is 1. The number of nitrogens with zero attached hydrogens (tertiary/aromatic N) is 5. The van der Waals surface area contributed by atoms with Crippen LogP contribution in [0.3, 0.4) is 0 Å². The molecule has 0 aliphatic carbocycles. The van der Waals surface area contributed by atoms with E-state index in [9.17, 15) is 4.79 Å². The maximum absolute atomic E-state index is 13.9. The number of rotatable bonds is 9. The number of ether oxygens (including phenoxy) is 1. The molecule has 2 atom stereocenters. The second-order valence-electron chi connectivity index (χ2n) is 11.3. The normalized spacial score (nSPS) is 16.8. The molecule has 0 unspecified atom stereocenters. The van der Waals surface area contributed by atoms with Crippen LogP contribution in [0.15, 0.2) is 47.3 Å². The summed E-state index contributed by atoms with van der Waals surface area (Å²) in [6.07, 6.45) is 2.89. The molecule has 3 heterocycles. The number of hydrogen-bond acceptors (Lipinski definition) is 6. The van der Waals surface area contributed by atoms with Gasteiger partial charge < -0.3 is 9.72 Å². The Bertz CT molecular complexity index is 1500. The van der Waals surface area contributed by atoms with E-state index < -0.39 is 6.04 Å². The van der Waals surface area contributed by atoms with E-state index in [0.717, 1.165) is 53.5 Å². The molecule has 1 saturated heterocycles. The molecule has 206 valence electrons. The van der Waals surface area contributed by atoms with Gasteiger partial charge in [-0.15, -0.1) is 5.10 Å². The van der Waals surface area contributed by atoms with Crippen molar-refractivity contribution in [2.75, 3.05) is 13.2 Å². The number of aromatic nitrogens is 5. The van der Waals surface area contributed by atoms with Crippen molar-refractivity contribution in [3.8, 4) is 0 Å². The average Bonchev–Trinajstić information content (AvgIpc) is 3.59. The zero-order valence-electron chi connectivity index (χ0n) is 23.4. The van der Waals surface area contributed by atoms with Crippen molar-refractivity contribution in [2.24, 2.45) is 0 Å². The van der Waals surface area contributed by atoms with Crippen LogP contribution in [-0.2, 0) is 16.8 Å². The second kappa shape index (κ2) is 11.2. The molecule has 2 aromatic carbocycles. The minimum absolute atomic E-state index is 0.0623. The Morgan fingerprint density at radius 1 is 1.21 bits per heavy atom. The smallest absolute Gasteiger partial charge is 0.253 e. The maximum atomic E-state index is 13.9. The summed E-state index contributed by atoms with van der Waals surface area (Å²) in [7, 11) is 0. The molecule has 8 nitrogen and oxygen atoms in total. The van der Waals surface area contributed by atoms with Crippen molar-refractivity contribution in [1.29, 1.82) is 0 Å². The lowest BCUT2D eigenvalue weighted by molar-refractivity contribution is 0.0562. The van der Waals surface area contributed by atoms with E-state index in [4.69, 9.17) is 16.3 Å². The zero-order chi connectivity index (χ0) is 27.7. The lowest BCUT2D eigenvalue weighted by atomic mass is 9.97. The van der Waals surface area contributed by atoms with Gasteiger partial charge >= 0.3 is 0 Å². The molecule has 5 rings (SSSR count). The third kappa shape index (κ3) is 5.78. The molecule has 0 radical (unpaired) electrons. The molecule has 1 aliphatic heterocycles. The minimum Gasteiger partial charge on any atom is -0.377 e. The summed E-state index contributed by atoms with van der Waals surface area (Å²) in [4.78, 5) is 19.3. The summed E-state index contributed by atoms with van der Waals surface area (Å²) in [5.74, 6) is 0.642. The maximum Gasteiger partial charge on any atom is 0.253 e. The molecular formula is C30H37ClN6O2. The number of aryl methyl sites for hydroxylation is 2. The van der Waals surface area contributed by atoms with E-state index in [0.29, 0.717) is 29.5 Å². The van der Waals surface area contributed by atoms with Crippen molar-refractivity contribution in [2.45, 2.75) is 78.1 Å². The van der Waals surface area contributed by atoms with Gasteiger partial charge in [0.25, 0.3) is 5.56 Å². The molecule has 0 saturated carbocycles. The van der Waals surface area contributed by atoms with E-state index in [1.165, 1.54) is 0 Å². The topological polar surface area (TPSA) is 88.9 Å². The van der Waals surface area contributed by atoms with Gasteiger partial charge in [0.05, 0.1) is 11.6 Å².